The van der Waals surface area contributed by atoms with Gasteiger partial charge < -0.3 is 10.6 Å². The Hall–Kier alpha value is -1.58. The Bertz CT molecular complexity index is 628. The van der Waals surface area contributed by atoms with E-state index in [-0.39, 0.29) is 5.82 Å². The van der Waals surface area contributed by atoms with Crippen molar-refractivity contribution in [1.29, 1.82) is 0 Å². The minimum absolute atomic E-state index is 0.213. The van der Waals surface area contributed by atoms with Gasteiger partial charge in [0.2, 0.25) is 0 Å². The molecule has 0 fully saturated rings. The summed E-state index contributed by atoms with van der Waals surface area (Å²) in [5.74, 6) is -0.213. The number of fused-ring (bicyclic) bond motifs is 1. The van der Waals surface area contributed by atoms with Crippen molar-refractivity contribution in [3.05, 3.63) is 58.4 Å². The third-order valence-corrected chi connectivity index (χ3v) is 3.86. The highest BCUT2D eigenvalue weighted by Gasteiger charge is 2.21. The molecular formula is C15H14ClFN2. The highest BCUT2D eigenvalue weighted by molar-refractivity contribution is 6.31. The number of anilines is 2. The van der Waals surface area contributed by atoms with Crippen LogP contribution in [0, 0.1) is 5.82 Å². The van der Waals surface area contributed by atoms with E-state index >= 15 is 0 Å². The summed E-state index contributed by atoms with van der Waals surface area (Å²) in [6.45, 7) is 1.27. The van der Waals surface area contributed by atoms with Crippen molar-refractivity contribution >= 4 is 23.0 Å². The first-order valence-corrected chi connectivity index (χ1v) is 6.61. The number of rotatable bonds is 2. The Kier molecular flexibility index (Phi) is 3.17. The van der Waals surface area contributed by atoms with Crippen LogP contribution in [0.4, 0.5) is 15.8 Å². The summed E-state index contributed by atoms with van der Waals surface area (Å²) in [5.41, 5.74) is 9.60. The van der Waals surface area contributed by atoms with Crippen LogP contribution < -0.4 is 10.6 Å². The minimum atomic E-state index is -0.213. The second kappa shape index (κ2) is 4.83. The number of nitrogens with zero attached hydrogens (tertiary/aromatic N) is 1. The van der Waals surface area contributed by atoms with Gasteiger partial charge in [-0.1, -0.05) is 23.7 Å². The summed E-state index contributed by atoms with van der Waals surface area (Å²) in [4.78, 5) is 2.09. The zero-order chi connectivity index (χ0) is 13.4. The van der Waals surface area contributed by atoms with Gasteiger partial charge in [0.25, 0.3) is 0 Å². The lowest BCUT2D eigenvalue weighted by atomic mass is 10.1. The van der Waals surface area contributed by atoms with Crippen LogP contribution in [0.3, 0.4) is 0 Å². The van der Waals surface area contributed by atoms with Crippen LogP contribution in [0.5, 0.6) is 0 Å². The Labute approximate surface area is 116 Å². The third kappa shape index (κ3) is 2.20. The topological polar surface area (TPSA) is 29.3 Å². The Morgan fingerprint density at radius 1 is 1.21 bits per heavy atom. The number of hydrogen-bond donors (Lipinski definition) is 1. The van der Waals surface area contributed by atoms with Crippen molar-refractivity contribution in [3.8, 4) is 0 Å². The highest BCUT2D eigenvalue weighted by Crippen LogP contribution is 2.36. The van der Waals surface area contributed by atoms with Gasteiger partial charge in [0.05, 0.1) is 0 Å². The van der Waals surface area contributed by atoms with Crippen LogP contribution in [0.2, 0.25) is 5.02 Å². The van der Waals surface area contributed by atoms with Gasteiger partial charge in [-0.3, -0.25) is 0 Å². The van der Waals surface area contributed by atoms with Gasteiger partial charge in [-0.15, -0.1) is 0 Å². The van der Waals surface area contributed by atoms with E-state index in [0.717, 1.165) is 29.9 Å². The van der Waals surface area contributed by atoms with Crippen molar-refractivity contribution in [2.75, 3.05) is 11.4 Å². The monoisotopic (exact) mass is 276 g/mol. The molecule has 0 aromatic heterocycles. The van der Waals surface area contributed by atoms with Crippen molar-refractivity contribution < 1.29 is 4.39 Å². The Morgan fingerprint density at radius 3 is 2.79 bits per heavy atom. The van der Waals surface area contributed by atoms with Gasteiger partial charge >= 0.3 is 0 Å². The van der Waals surface area contributed by atoms with E-state index in [1.807, 2.05) is 24.3 Å². The number of benzene rings is 2. The van der Waals surface area contributed by atoms with Gasteiger partial charge in [0.1, 0.15) is 5.82 Å². The van der Waals surface area contributed by atoms with Gasteiger partial charge in [-0.25, -0.2) is 4.39 Å². The van der Waals surface area contributed by atoms with Gasteiger partial charge in [-0.05, 0) is 41.8 Å². The van der Waals surface area contributed by atoms with E-state index in [1.165, 1.54) is 11.6 Å². The zero-order valence-corrected chi connectivity index (χ0v) is 11.1. The number of halogens is 2. The first-order chi connectivity index (χ1) is 9.19. The fraction of sp³-hybridized carbons (Fsp3) is 0.200. The van der Waals surface area contributed by atoms with Crippen LogP contribution in [-0.4, -0.2) is 6.54 Å². The maximum Gasteiger partial charge on any atom is 0.125 e. The molecule has 4 heteroatoms. The average Bonchev–Trinajstić information content (AvgIpc) is 2.81. The standard InChI is InChI=1S/C15H14ClFN2/c16-14-8-13(4-2-11(14)9-18)19-6-5-10-1-3-12(17)7-15(10)19/h1-4,7-8H,5-6,9,18H2. The molecule has 0 saturated heterocycles. The van der Waals surface area contributed by atoms with Crippen LogP contribution >= 0.6 is 11.6 Å². The molecule has 0 aliphatic carbocycles. The molecule has 1 aliphatic heterocycles. The number of nitrogens with two attached hydrogens (primary N) is 1. The number of hydrogen-bond acceptors (Lipinski definition) is 2. The highest BCUT2D eigenvalue weighted by atomic mass is 35.5. The van der Waals surface area contributed by atoms with Crippen LogP contribution in [0.1, 0.15) is 11.1 Å². The molecule has 0 bridgehead atoms. The predicted molar refractivity (Wildman–Crippen MR) is 76.5 cm³/mol. The van der Waals surface area contributed by atoms with E-state index in [0.29, 0.717) is 11.6 Å². The Balaban J connectivity index is 2.01. The van der Waals surface area contributed by atoms with E-state index in [1.54, 1.807) is 6.07 Å². The first-order valence-electron chi connectivity index (χ1n) is 6.23. The van der Waals surface area contributed by atoms with Gasteiger partial charge in [0.15, 0.2) is 0 Å². The molecule has 2 aromatic rings. The van der Waals surface area contributed by atoms with Crippen LogP contribution in [0.15, 0.2) is 36.4 Å². The molecule has 19 heavy (non-hydrogen) atoms. The molecule has 1 aliphatic rings. The summed E-state index contributed by atoms with van der Waals surface area (Å²) in [5, 5.41) is 0.657. The van der Waals surface area contributed by atoms with E-state index in [4.69, 9.17) is 17.3 Å². The molecule has 0 radical (unpaired) electrons. The molecule has 2 N–H and O–H groups in total. The average molecular weight is 277 g/mol. The Morgan fingerprint density at radius 2 is 2.05 bits per heavy atom. The van der Waals surface area contributed by atoms with E-state index in [9.17, 15) is 4.39 Å². The zero-order valence-electron chi connectivity index (χ0n) is 10.4. The van der Waals surface area contributed by atoms with Gasteiger partial charge in [-0.2, -0.15) is 0 Å². The fourth-order valence-corrected chi connectivity index (χ4v) is 2.74. The van der Waals surface area contributed by atoms with E-state index in [2.05, 4.69) is 4.90 Å². The molecule has 1 heterocycles. The molecule has 3 rings (SSSR count). The quantitative estimate of drug-likeness (QED) is 0.907. The maximum atomic E-state index is 13.4. The summed E-state index contributed by atoms with van der Waals surface area (Å²) in [7, 11) is 0. The minimum Gasteiger partial charge on any atom is -0.341 e. The SMILES string of the molecule is NCc1ccc(N2CCc3ccc(F)cc32)cc1Cl. The van der Waals surface area contributed by atoms with E-state index < -0.39 is 0 Å². The van der Waals surface area contributed by atoms with Crippen LogP contribution in [0.25, 0.3) is 0 Å². The molecule has 0 atom stereocenters. The largest absolute Gasteiger partial charge is 0.341 e. The van der Waals surface area contributed by atoms with Crippen LogP contribution in [-0.2, 0) is 13.0 Å². The van der Waals surface area contributed by atoms with Crippen molar-refractivity contribution in [2.45, 2.75) is 13.0 Å². The molecule has 0 unspecified atom stereocenters. The predicted octanol–water partition coefficient (Wildman–Crippen LogP) is 3.63. The smallest absolute Gasteiger partial charge is 0.125 e. The van der Waals surface area contributed by atoms with Crippen molar-refractivity contribution in [3.63, 3.8) is 0 Å². The fourth-order valence-electron chi connectivity index (χ4n) is 2.49. The molecular weight excluding hydrogens is 263 g/mol. The summed E-state index contributed by atoms with van der Waals surface area (Å²) in [6.07, 6.45) is 0.922. The van der Waals surface area contributed by atoms with Crippen molar-refractivity contribution in [2.24, 2.45) is 5.73 Å². The maximum absolute atomic E-state index is 13.4. The third-order valence-electron chi connectivity index (χ3n) is 3.51. The molecule has 2 aromatic carbocycles. The summed E-state index contributed by atoms with van der Waals surface area (Å²) < 4.78 is 13.4. The van der Waals surface area contributed by atoms with Gasteiger partial charge in [0, 0.05) is 29.5 Å². The van der Waals surface area contributed by atoms with Crippen molar-refractivity contribution in [1.82, 2.24) is 0 Å². The molecule has 0 spiro atoms. The lowest BCUT2D eigenvalue weighted by Crippen LogP contribution is -2.13. The molecule has 0 saturated carbocycles. The second-order valence-electron chi connectivity index (χ2n) is 4.65. The summed E-state index contributed by atoms with van der Waals surface area (Å²) in [6, 6.07) is 10.7. The summed E-state index contributed by atoms with van der Waals surface area (Å²) >= 11 is 6.19. The lowest BCUT2D eigenvalue weighted by molar-refractivity contribution is 0.628. The molecule has 0 amide bonds. The normalized spacial score (nSPS) is 13.7. The lowest BCUT2D eigenvalue weighted by Gasteiger charge is -2.20. The first kappa shape index (κ1) is 12.5. The molecule has 98 valence electrons. The second-order valence-corrected chi connectivity index (χ2v) is 5.06. The molecule has 2 nitrogen and oxygen atoms in total.